The van der Waals surface area contributed by atoms with Crippen molar-refractivity contribution in [1.29, 1.82) is 0 Å². The lowest BCUT2D eigenvalue weighted by molar-refractivity contribution is 0.215. The Hall–Kier alpha value is -1.81. The summed E-state index contributed by atoms with van der Waals surface area (Å²) in [4.78, 5) is 10.8. The minimum absolute atomic E-state index is 0. The van der Waals surface area contributed by atoms with E-state index in [-0.39, 0.29) is 30.0 Å². The number of furan rings is 1. The first-order valence-corrected chi connectivity index (χ1v) is 9.11. The van der Waals surface area contributed by atoms with E-state index in [1.54, 1.807) is 25.7 Å². The molecule has 0 saturated carbocycles. The standard InChI is InChI=1S/C19H27N5O2.HI/c1-20-19(22-9-13-25-16-6-4-8-21-14-16)23-15-17(18-7-5-12-26-18)24-10-2-3-11-24;/h4-8,12,14,17H,2-3,9-11,13,15H2,1H3,(H2,20,22,23);1H. The predicted molar refractivity (Wildman–Crippen MR) is 117 cm³/mol. The summed E-state index contributed by atoms with van der Waals surface area (Å²) in [5.74, 6) is 2.52. The van der Waals surface area contributed by atoms with Gasteiger partial charge in [-0.25, -0.2) is 0 Å². The highest BCUT2D eigenvalue weighted by molar-refractivity contribution is 14.0. The highest BCUT2D eigenvalue weighted by Gasteiger charge is 2.25. The highest BCUT2D eigenvalue weighted by Crippen LogP contribution is 2.24. The van der Waals surface area contributed by atoms with Crippen LogP contribution in [0, 0.1) is 0 Å². The molecule has 1 aliphatic rings. The molecule has 1 saturated heterocycles. The SMILES string of the molecule is CN=C(NCCOc1cccnc1)NCC(c1ccco1)N1CCCC1.I. The van der Waals surface area contributed by atoms with E-state index >= 15 is 0 Å². The highest BCUT2D eigenvalue weighted by atomic mass is 127. The summed E-state index contributed by atoms with van der Waals surface area (Å²) in [5, 5.41) is 6.68. The van der Waals surface area contributed by atoms with Gasteiger partial charge in [0.1, 0.15) is 18.1 Å². The molecule has 3 rings (SSSR count). The zero-order chi connectivity index (χ0) is 18.0. The number of nitrogens with one attached hydrogen (secondary N) is 2. The van der Waals surface area contributed by atoms with Crippen LogP contribution < -0.4 is 15.4 Å². The zero-order valence-electron chi connectivity index (χ0n) is 15.6. The molecule has 1 fully saturated rings. The normalized spacial score (nSPS) is 15.8. The second-order valence-corrected chi connectivity index (χ2v) is 6.19. The number of halogens is 1. The van der Waals surface area contributed by atoms with Gasteiger partial charge in [0.15, 0.2) is 5.96 Å². The van der Waals surface area contributed by atoms with Crippen LogP contribution in [0.1, 0.15) is 24.6 Å². The quantitative estimate of drug-likeness (QED) is 0.259. The summed E-state index contributed by atoms with van der Waals surface area (Å²) in [7, 11) is 1.77. The van der Waals surface area contributed by atoms with Gasteiger partial charge in [-0.1, -0.05) is 0 Å². The molecular weight excluding hydrogens is 457 g/mol. The van der Waals surface area contributed by atoms with E-state index in [2.05, 4.69) is 25.5 Å². The first-order chi connectivity index (χ1) is 12.9. The molecule has 1 atom stereocenters. The molecule has 7 nitrogen and oxygen atoms in total. The van der Waals surface area contributed by atoms with Gasteiger partial charge in [-0.15, -0.1) is 24.0 Å². The van der Waals surface area contributed by atoms with Gasteiger partial charge in [0, 0.05) is 19.8 Å². The van der Waals surface area contributed by atoms with Gasteiger partial charge in [-0.05, 0) is 50.2 Å². The van der Waals surface area contributed by atoms with Crippen molar-refractivity contribution in [3.63, 3.8) is 0 Å². The third-order valence-corrected chi connectivity index (χ3v) is 4.44. The fourth-order valence-electron chi connectivity index (χ4n) is 3.13. The first kappa shape index (κ1) is 21.5. The lowest BCUT2D eigenvalue weighted by atomic mass is 10.2. The molecule has 2 aromatic heterocycles. The molecule has 3 heterocycles. The molecule has 27 heavy (non-hydrogen) atoms. The Balaban J connectivity index is 0.00000261. The molecule has 2 aromatic rings. The number of pyridine rings is 1. The third kappa shape index (κ3) is 6.69. The van der Waals surface area contributed by atoms with E-state index in [4.69, 9.17) is 9.15 Å². The number of guanidine groups is 1. The Morgan fingerprint density at radius 3 is 2.81 bits per heavy atom. The molecule has 1 unspecified atom stereocenters. The first-order valence-electron chi connectivity index (χ1n) is 9.11. The molecular formula is C19H28IN5O2. The molecule has 0 aromatic carbocycles. The van der Waals surface area contributed by atoms with Crippen LogP contribution in [0.25, 0.3) is 0 Å². The van der Waals surface area contributed by atoms with E-state index < -0.39 is 0 Å². The molecule has 0 spiro atoms. The van der Waals surface area contributed by atoms with Gasteiger partial charge in [0.05, 0.1) is 25.0 Å². The van der Waals surface area contributed by atoms with E-state index in [0.29, 0.717) is 13.2 Å². The average Bonchev–Trinajstić information content (AvgIpc) is 3.39. The predicted octanol–water partition coefficient (Wildman–Crippen LogP) is 2.67. The largest absolute Gasteiger partial charge is 0.490 e. The van der Waals surface area contributed by atoms with Crippen molar-refractivity contribution in [2.75, 3.05) is 39.8 Å². The summed E-state index contributed by atoms with van der Waals surface area (Å²) in [6.07, 6.45) is 7.66. The third-order valence-electron chi connectivity index (χ3n) is 4.44. The number of rotatable bonds is 8. The monoisotopic (exact) mass is 485 g/mol. The number of ether oxygens (including phenoxy) is 1. The minimum atomic E-state index is 0. The van der Waals surface area contributed by atoms with Crippen molar-refractivity contribution in [2.45, 2.75) is 18.9 Å². The van der Waals surface area contributed by atoms with Gasteiger partial charge in [-0.2, -0.15) is 0 Å². The van der Waals surface area contributed by atoms with Crippen LogP contribution in [0.3, 0.4) is 0 Å². The van der Waals surface area contributed by atoms with E-state index in [9.17, 15) is 0 Å². The van der Waals surface area contributed by atoms with Crippen molar-refractivity contribution >= 4 is 29.9 Å². The smallest absolute Gasteiger partial charge is 0.191 e. The molecule has 8 heteroatoms. The average molecular weight is 485 g/mol. The molecule has 0 bridgehead atoms. The molecule has 0 radical (unpaired) electrons. The van der Waals surface area contributed by atoms with Crippen molar-refractivity contribution in [1.82, 2.24) is 20.5 Å². The van der Waals surface area contributed by atoms with Crippen molar-refractivity contribution in [2.24, 2.45) is 4.99 Å². The molecule has 1 aliphatic heterocycles. The lowest BCUT2D eigenvalue weighted by Gasteiger charge is -2.26. The topological polar surface area (TPSA) is 74.9 Å². The molecule has 148 valence electrons. The second-order valence-electron chi connectivity index (χ2n) is 6.19. The summed E-state index contributed by atoms with van der Waals surface area (Å²) in [6.45, 7) is 4.16. The van der Waals surface area contributed by atoms with Gasteiger partial charge < -0.3 is 19.8 Å². The summed E-state index contributed by atoms with van der Waals surface area (Å²) < 4.78 is 11.3. The van der Waals surface area contributed by atoms with Crippen LogP contribution in [-0.2, 0) is 0 Å². The molecule has 0 amide bonds. The zero-order valence-corrected chi connectivity index (χ0v) is 18.0. The number of nitrogens with zero attached hydrogens (tertiary/aromatic N) is 3. The van der Waals surface area contributed by atoms with Crippen LogP contribution >= 0.6 is 24.0 Å². The number of aliphatic imine (C=N–C) groups is 1. The van der Waals surface area contributed by atoms with Gasteiger partial charge in [0.25, 0.3) is 0 Å². The minimum Gasteiger partial charge on any atom is -0.490 e. The van der Waals surface area contributed by atoms with Gasteiger partial charge >= 0.3 is 0 Å². The summed E-state index contributed by atoms with van der Waals surface area (Å²) >= 11 is 0. The van der Waals surface area contributed by atoms with E-state index in [1.165, 1.54) is 12.8 Å². The van der Waals surface area contributed by atoms with Crippen LogP contribution in [0.2, 0.25) is 0 Å². The fourth-order valence-corrected chi connectivity index (χ4v) is 3.13. The Morgan fingerprint density at radius 2 is 2.15 bits per heavy atom. The fraction of sp³-hybridized carbons (Fsp3) is 0.474. The van der Waals surface area contributed by atoms with E-state index in [1.807, 2.05) is 24.3 Å². The van der Waals surface area contributed by atoms with Gasteiger partial charge in [-0.3, -0.25) is 14.9 Å². The molecule has 2 N–H and O–H groups in total. The Bertz CT molecular complexity index is 660. The number of hydrogen-bond donors (Lipinski definition) is 2. The second kappa shape index (κ2) is 11.8. The van der Waals surface area contributed by atoms with Crippen LogP contribution in [0.4, 0.5) is 0 Å². The van der Waals surface area contributed by atoms with Gasteiger partial charge in [0.2, 0.25) is 0 Å². The number of aromatic nitrogens is 1. The maximum absolute atomic E-state index is 5.65. The Morgan fingerprint density at radius 1 is 1.30 bits per heavy atom. The summed E-state index contributed by atoms with van der Waals surface area (Å²) in [5.41, 5.74) is 0. The van der Waals surface area contributed by atoms with Crippen LogP contribution in [0.5, 0.6) is 5.75 Å². The van der Waals surface area contributed by atoms with Crippen LogP contribution in [-0.4, -0.2) is 55.7 Å². The van der Waals surface area contributed by atoms with Crippen molar-refractivity contribution in [3.8, 4) is 5.75 Å². The molecule has 0 aliphatic carbocycles. The van der Waals surface area contributed by atoms with Crippen molar-refractivity contribution < 1.29 is 9.15 Å². The van der Waals surface area contributed by atoms with Crippen molar-refractivity contribution in [3.05, 3.63) is 48.7 Å². The number of hydrogen-bond acceptors (Lipinski definition) is 5. The van der Waals surface area contributed by atoms with Crippen LogP contribution in [0.15, 0.2) is 52.3 Å². The Labute approximate surface area is 177 Å². The van der Waals surface area contributed by atoms with E-state index in [0.717, 1.165) is 37.1 Å². The number of likely N-dealkylation sites (tertiary alicyclic amines) is 1. The Kier molecular flexibility index (Phi) is 9.40. The summed E-state index contributed by atoms with van der Waals surface area (Å²) in [6, 6.07) is 7.96. The lowest BCUT2D eigenvalue weighted by Crippen LogP contribution is -2.43. The maximum atomic E-state index is 5.65. The maximum Gasteiger partial charge on any atom is 0.191 e.